The van der Waals surface area contributed by atoms with Gasteiger partial charge in [-0.2, -0.15) is 0 Å². The number of rotatable bonds is 2. The number of carbonyl (C=O) groups is 1. The number of anilines is 2. The monoisotopic (exact) mass is 278 g/mol. The second-order valence-corrected chi connectivity index (χ2v) is 4.99. The van der Waals surface area contributed by atoms with Crippen LogP contribution in [0.15, 0.2) is 12.1 Å². The van der Waals surface area contributed by atoms with Crippen molar-refractivity contribution in [2.24, 2.45) is 5.92 Å². The topological polar surface area (TPSA) is 82.8 Å². The summed E-state index contributed by atoms with van der Waals surface area (Å²) < 4.78 is 16.4. The lowest BCUT2D eigenvalue weighted by atomic mass is 10.1. The van der Waals surface area contributed by atoms with E-state index in [1.165, 1.54) is 0 Å². The van der Waals surface area contributed by atoms with E-state index in [9.17, 15) is 4.79 Å². The van der Waals surface area contributed by atoms with E-state index >= 15 is 0 Å². The standard InChI is InChI=1S/C14H18N2O4/c15-10-6-12-13(20-4-1-3-19-12)7-11(10)16-14(17)9-2-5-18-8-9/h6-7,9H,1-5,8,15H2,(H,16,17). The zero-order valence-electron chi connectivity index (χ0n) is 11.2. The first-order chi connectivity index (χ1) is 9.74. The Morgan fingerprint density at radius 3 is 2.65 bits per heavy atom. The third-order valence-electron chi connectivity index (χ3n) is 3.48. The Bertz CT molecular complexity index is 512. The molecule has 0 radical (unpaired) electrons. The van der Waals surface area contributed by atoms with E-state index in [-0.39, 0.29) is 11.8 Å². The van der Waals surface area contributed by atoms with Crippen molar-refractivity contribution in [1.82, 2.24) is 0 Å². The molecule has 0 aromatic heterocycles. The van der Waals surface area contributed by atoms with E-state index in [0.29, 0.717) is 49.3 Å². The molecular weight excluding hydrogens is 260 g/mol. The number of amides is 1. The fraction of sp³-hybridized carbons (Fsp3) is 0.500. The second kappa shape index (κ2) is 5.58. The van der Waals surface area contributed by atoms with Crippen LogP contribution in [0.3, 0.4) is 0 Å². The largest absolute Gasteiger partial charge is 0.489 e. The minimum absolute atomic E-state index is 0.0660. The molecule has 2 heterocycles. The summed E-state index contributed by atoms with van der Waals surface area (Å²) in [6, 6.07) is 3.42. The van der Waals surface area contributed by atoms with E-state index in [4.69, 9.17) is 19.9 Å². The summed E-state index contributed by atoms with van der Waals surface area (Å²) in [5.74, 6) is 1.07. The molecule has 1 fully saturated rings. The first kappa shape index (κ1) is 13.1. The Balaban J connectivity index is 1.78. The lowest BCUT2D eigenvalue weighted by molar-refractivity contribution is -0.119. The maximum absolute atomic E-state index is 12.1. The Morgan fingerprint density at radius 2 is 1.95 bits per heavy atom. The number of nitrogen functional groups attached to an aromatic ring is 1. The van der Waals surface area contributed by atoms with Gasteiger partial charge in [-0.15, -0.1) is 0 Å². The van der Waals surface area contributed by atoms with Crippen molar-refractivity contribution in [1.29, 1.82) is 0 Å². The van der Waals surface area contributed by atoms with E-state index in [1.807, 2.05) is 0 Å². The second-order valence-electron chi connectivity index (χ2n) is 4.99. The van der Waals surface area contributed by atoms with E-state index in [1.54, 1.807) is 12.1 Å². The Kier molecular flexibility index (Phi) is 3.64. The molecule has 1 saturated heterocycles. The molecule has 6 nitrogen and oxygen atoms in total. The number of nitrogens with two attached hydrogens (primary N) is 1. The fourth-order valence-corrected chi connectivity index (χ4v) is 2.31. The van der Waals surface area contributed by atoms with Crippen LogP contribution in [0.4, 0.5) is 11.4 Å². The van der Waals surface area contributed by atoms with Crippen LogP contribution in [-0.2, 0) is 9.53 Å². The van der Waals surface area contributed by atoms with Gasteiger partial charge in [-0.25, -0.2) is 0 Å². The Labute approximate surface area is 117 Å². The zero-order valence-corrected chi connectivity index (χ0v) is 11.2. The van der Waals surface area contributed by atoms with Gasteiger partial charge in [-0.1, -0.05) is 0 Å². The molecule has 2 aliphatic heterocycles. The van der Waals surface area contributed by atoms with Crippen molar-refractivity contribution in [2.75, 3.05) is 37.5 Å². The van der Waals surface area contributed by atoms with Crippen molar-refractivity contribution >= 4 is 17.3 Å². The van der Waals surface area contributed by atoms with Crippen LogP contribution in [0.2, 0.25) is 0 Å². The highest BCUT2D eigenvalue weighted by atomic mass is 16.5. The number of benzene rings is 1. The normalized spacial score (nSPS) is 21.3. The number of nitrogens with one attached hydrogen (secondary N) is 1. The summed E-state index contributed by atoms with van der Waals surface area (Å²) >= 11 is 0. The lowest BCUT2D eigenvalue weighted by Crippen LogP contribution is -2.23. The molecule has 0 saturated carbocycles. The molecule has 1 unspecified atom stereocenters. The molecule has 3 N–H and O–H groups in total. The van der Waals surface area contributed by atoms with Crippen LogP contribution in [0.25, 0.3) is 0 Å². The van der Waals surface area contributed by atoms with E-state index in [0.717, 1.165) is 12.8 Å². The van der Waals surface area contributed by atoms with Crippen molar-refractivity contribution in [2.45, 2.75) is 12.8 Å². The van der Waals surface area contributed by atoms with Gasteiger partial charge in [0.2, 0.25) is 5.91 Å². The molecule has 1 aromatic rings. The highest BCUT2D eigenvalue weighted by Crippen LogP contribution is 2.36. The van der Waals surface area contributed by atoms with Crippen molar-refractivity contribution in [3.05, 3.63) is 12.1 Å². The molecule has 0 aliphatic carbocycles. The predicted molar refractivity (Wildman–Crippen MR) is 74.0 cm³/mol. The third-order valence-corrected chi connectivity index (χ3v) is 3.48. The molecule has 3 rings (SSSR count). The smallest absolute Gasteiger partial charge is 0.229 e. The van der Waals surface area contributed by atoms with Crippen LogP contribution in [-0.4, -0.2) is 32.3 Å². The van der Waals surface area contributed by atoms with Crippen LogP contribution in [0.5, 0.6) is 11.5 Å². The predicted octanol–water partition coefficient (Wildman–Crippen LogP) is 1.41. The Morgan fingerprint density at radius 1 is 1.20 bits per heavy atom. The summed E-state index contributed by atoms with van der Waals surface area (Å²) in [5.41, 5.74) is 7.00. The number of carbonyl (C=O) groups excluding carboxylic acids is 1. The highest BCUT2D eigenvalue weighted by molar-refractivity contribution is 5.96. The van der Waals surface area contributed by atoms with Gasteiger partial charge in [-0.3, -0.25) is 4.79 Å². The molecule has 108 valence electrons. The summed E-state index contributed by atoms with van der Waals surface area (Å²) in [7, 11) is 0. The fourth-order valence-electron chi connectivity index (χ4n) is 2.31. The number of fused-ring (bicyclic) bond motifs is 1. The van der Waals surface area contributed by atoms with Crippen molar-refractivity contribution < 1.29 is 19.0 Å². The number of hydrogen-bond donors (Lipinski definition) is 2. The molecule has 1 atom stereocenters. The first-order valence-corrected chi connectivity index (χ1v) is 6.82. The lowest BCUT2D eigenvalue weighted by Gasteiger charge is -2.14. The SMILES string of the molecule is Nc1cc2c(cc1NC(=O)C1CCOC1)OCCCO2. The van der Waals surface area contributed by atoms with Gasteiger partial charge in [0.05, 0.1) is 37.1 Å². The molecule has 0 bridgehead atoms. The van der Waals surface area contributed by atoms with Gasteiger partial charge >= 0.3 is 0 Å². The van der Waals surface area contributed by atoms with Crippen LogP contribution in [0, 0.1) is 5.92 Å². The van der Waals surface area contributed by atoms with Gasteiger partial charge < -0.3 is 25.3 Å². The maximum Gasteiger partial charge on any atom is 0.229 e. The minimum atomic E-state index is -0.106. The quantitative estimate of drug-likeness (QED) is 0.799. The van der Waals surface area contributed by atoms with Crippen molar-refractivity contribution in [3.8, 4) is 11.5 Å². The summed E-state index contributed by atoms with van der Waals surface area (Å²) in [6.07, 6.45) is 1.58. The number of hydrogen-bond acceptors (Lipinski definition) is 5. The third kappa shape index (κ3) is 2.65. The summed E-state index contributed by atoms with van der Waals surface area (Å²) in [6.45, 7) is 2.31. The number of ether oxygens (including phenoxy) is 3. The minimum Gasteiger partial charge on any atom is -0.489 e. The van der Waals surface area contributed by atoms with Crippen molar-refractivity contribution in [3.63, 3.8) is 0 Å². The average Bonchev–Trinajstić information content (AvgIpc) is 2.88. The van der Waals surface area contributed by atoms with Crippen LogP contribution in [0.1, 0.15) is 12.8 Å². The van der Waals surface area contributed by atoms with Gasteiger partial charge in [0.1, 0.15) is 0 Å². The molecule has 20 heavy (non-hydrogen) atoms. The summed E-state index contributed by atoms with van der Waals surface area (Å²) in [5, 5.41) is 2.84. The van der Waals surface area contributed by atoms with E-state index in [2.05, 4.69) is 5.32 Å². The molecule has 0 spiro atoms. The first-order valence-electron chi connectivity index (χ1n) is 6.82. The Hall–Kier alpha value is -1.95. The molecule has 1 amide bonds. The molecular formula is C14H18N2O4. The van der Waals surface area contributed by atoms with Gasteiger partial charge in [0.25, 0.3) is 0 Å². The van der Waals surface area contributed by atoms with Crippen LogP contribution >= 0.6 is 0 Å². The maximum atomic E-state index is 12.1. The zero-order chi connectivity index (χ0) is 13.9. The highest BCUT2D eigenvalue weighted by Gasteiger charge is 2.24. The summed E-state index contributed by atoms with van der Waals surface area (Å²) in [4.78, 5) is 12.1. The molecule has 2 aliphatic rings. The molecule has 1 aromatic carbocycles. The van der Waals surface area contributed by atoms with Gasteiger partial charge in [-0.05, 0) is 6.42 Å². The van der Waals surface area contributed by atoms with Crippen LogP contribution < -0.4 is 20.5 Å². The van der Waals surface area contributed by atoms with Gasteiger partial charge in [0.15, 0.2) is 11.5 Å². The van der Waals surface area contributed by atoms with E-state index < -0.39 is 0 Å². The average molecular weight is 278 g/mol. The van der Waals surface area contributed by atoms with Gasteiger partial charge in [0, 0.05) is 25.2 Å². The molecule has 6 heteroatoms.